The predicted molar refractivity (Wildman–Crippen MR) is 89.1 cm³/mol. The SMILES string of the molecule is O=C(CC1Nc2cc(C(=O)O)ccc2NC1=O)Nc1ccccc1. The lowest BCUT2D eigenvalue weighted by Gasteiger charge is -2.26. The number of carbonyl (C=O) groups is 3. The van der Waals surface area contributed by atoms with Crippen molar-refractivity contribution >= 4 is 34.8 Å². The molecule has 0 bridgehead atoms. The number of nitrogens with one attached hydrogen (secondary N) is 3. The van der Waals surface area contributed by atoms with Crippen LogP contribution in [0.25, 0.3) is 0 Å². The summed E-state index contributed by atoms with van der Waals surface area (Å²) in [7, 11) is 0. The number of hydrogen-bond donors (Lipinski definition) is 4. The molecule has 0 saturated carbocycles. The average Bonchev–Trinajstić information content (AvgIpc) is 2.56. The van der Waals surface area contributed by atoms with Gasteiger partial charge >= 0.3 is 5.97 Å². The third-order valence-corrected chi connectivity index (χ3v) is 3.62. The van der Waals surface area contributed by atoms with Gasteiger partial charge in [0.05, 0.1) is 23.4 Å². The maximum atomic E-state index is 12.1. The van der Waals surface area contributed by atoms with Gasteiger partial charge in [-0.1, -0.05) is 18.2 Å². The minimum absolute atomic E-state index is 0.0720. The Morgan fingerprint density at radius 1 is 1.08 bits per heavy atom. The Morgan fingerprint density at radius 2 is 1.83 bits per heavy atom. The van der Waals surface area contributed by atoms with Crippen LogP contribution in [0.4, 0.5) is 17.1 Å². The number of amides is 2. The lowest BCUT2D eigenvalue weighted by Crippen LogP contribution is -2.41. The predicted octanol–water partition coefficient (Wildman–Crippen LogP) is 2.15. The highest BCUT2D eigenvalue weighted by Crippen LogP contribution is 2.28. The first kappa shape index (κ1) is 15.5. The number of carboxylic acids is 1. The van der Waals surface area contributed by atoms with Crippen LogP contribution in [0.1, 0.15) is 16.8 Å². The molecule has 1 heterocycles. The van der Waals surface area contributed by atoms with E-state index in [1.807, 2.05) is 6.07 Å². The monoisotopic (exact) mass is 325 g/mol. The van der Waals surface area contributed by atoms with Gasteiger partial charge in [-0.15, -0.1) is 0 Å². The van der Waals surface area contributed by atoms with E-state index in [2.05, 4.69) is 16.0 Å². The summed E-state index contributed by atoms with van der Waals surface area (Å²) in [6.45, 7) is 0. The van der Waals surface area contributed by atoms with E-state index in [1.54, 1.807) is 24.3 Å². The number of hydrogen-bond acceptors (Lipinski definition) is 4. The van der Waals surface area contributed by atoms with Crippen LogP contribution in [0, 0.1) is 0 Å². The fourth-order valence-electron chi connectivity index (χ4n) is 2.44. The van der Waals surface area contributed by atoms with Crippen molar-refractivity contribution in [1.29, 1.82) is 0 Å². The fourth-order valence-corrected chi connectivity index (χ4v) is 2.44. The van der Waals surface area contributed by atoms with E-state index >= 15 is 0 Å². The smallest absolute Gasteiger partial charge is 0.335 e. The number of carbonyl (C=O) groups excluding carboxylic acids is 2. The molecule has 2 aromatic carbocycles. The minimum Gasteiger partial charge on any atom is -0.478 e. The number of para-hydroxylation sites is 1. The lowest BCUT2D eigenvalue weighted by molar-refractivity contribution is -0.122. The molecule has 1 aliphatic heterocycles. The molecule has 122 valence electrons. The van der Waals surface area contributed by atoms with Gasteiger partial charge in [-0.25, -0.2) is 4.79 Å². The molecule has 0 saturated heterocycles. The third-order valence-electron chi connectivity index (χ3n) is 3.62. The standard InChI is InChI=1S/C17H15N3O4/c21-15(18-11-4-2-1-3-5-11)9-14-16(22)20-12-7-6-10(17(23)24)8-13(12)19-14/h1-8,14,19H,9H2,(H,18,21)(H,20,22)(H,23,24). The number of anilines is 3. The topological polar surface area (TPSA) is 108 Å². The van der Waals surface area contributed by atoms with Gasteiger partial charge in [0.25, 0.3) is 0 Å². The van der Waals surface area contributed by atoms with Crippen LogP contribution in [0.5, 0.6) is 0 Å². The zero-order valence-electron chi connectivity index (χ0n) is 12.6. The minimum atomic E-state index is -1.06. The molecule has 3 rings (SSSR count). The van der Waals surface area contributed by atoms with Crippen molar-refractivity contribution in [2.75, 3.05) is 16.0 Å². The Labute approximate surface area is 137 Å². The molecule has 24 heavy (non-hydrogen) atoms. The summed E-state index contributed by atoms with van der Waals surface area (Å²) >= 11 is 0. The van der Waals surface area contributed by atoms with E-state index in [1.165, 1.54) is 18.2 Å². The number of carboxylic acid groups (broad SMARTS) is 1. The van der Waals surface area contributed by atoms with Gasteiger partial charge in [-0.3, -0.25) is 9.59 Å². The van der Waals surface area contributed by atoms with E-state index in [4.69, 9.17) is 5.11 Å². The van der Waals surface area contributed by atoms with Crippen LogP contribution < -0.4 is 16.0 Å². The van der Waals surface area contributed by atoms with Gasteiger partial charge in [0.2, 0.25) is 11.8 Å². The first-order valence-corrected chi connectivity index (χ1v) is 7.32. The second kappa shape index (κ2) is 6.41. The Morgan fingerprint density at radius 3 is 2.54 bits per heavy atom. The zero-order chi connectivity index (χ0) is 17.1. The number of fused-ring (bicyclic) bond motifs is 1. The van der Waals surface area contributed by atoms with Crippen molar-refractivity contribution in [3.05, 3.63) is 54.1 Å². The molecule has 2 aromatic rings. The molecule has 1 unspecified atom stereocenters. The van der Waals surface area contributed by atoms with Crippen LogP contribution in [0.15, 0.2) is 48.5 Å². The highest BCUT2D eigenvalue weighted by atomic mass is 16.4. The van der Waals surface area contributed by atoms with Crippen LogP contribution in [-0.2, 0) is 9.59 Å². The Hall–Kier alpha value is -3.35. The van der Waals surface area contributed by atoms with E-state index in [-0.39, 0.29) is 23.8 Å². The summed E-state index contributed by atoms with van der Waals surface area (Å²) in [6, 6.07) is 12.5. The molecule has 0 aromatic heterocycles. The Balaban J connectivity index is 1.71. The van der Waals surface area contributed by atoms with Gasteiger partial charge in [-0.2, -0.15) is 0 Å². The van der Waals surface area contributed by atoms with Gasteiger partial charge in [0.1, 0.15) is 6.04 Å². The number of benzene rings is 2. The van der Waals surface area contributed by atoms with Crippen molar-refractivity contribution in [1.82, 2.24) is 0 Å². The van der Waals surface area contributed by atoms with Crippen molar-refractivity contribution in [3.8, 4) is 0 Å². The normalized spacial score (nSPS) is 15.7. The molecular formula is C17H15N3O4. The molecular weight excluding hydrogens is 310 g/mol. The highest BCUT2D eigenvalue weighted by molar-refractivity contribution is 6.07. The third kappa shape index (κ3) is 3.35. The van der Waals surface area contributed by atoms with E-state index in [0.717, 1.165) is 0 Å². The van der Waals surface area contributed by atoms with Crippen molar-refractivity contribution in [3.63, 3.8) is 0 Å². The van der Waals surface area contributed by atoms with Crippen molar-refractivity contribution < 1.29 is 19.5 Å². The second-order valence-corrected chi connectivity index (χ2v) is 5.37. The summed E-state index contributed by atoms with van der Waals surface area (Å²) in [4.78, 5) is 35.2. The van der Waals surface area contributed by atoms with Crippen LogP contribution in [0.3, 0.4) is 0 Å². The van der Waals surface area contributed by atoms with Crippen LogP contribution >= 0.6 is 0 Å². The van der Waals surface area contributed by atoms with Gasteiger partial charge in [0.15, 0.2) is 0 Å². The fraction of sp³-hybridized carbons (Fsp3) is 0.118. The second-order valence-electron chi connectivity index (χ2n) is 5.37. The molecule has 1 atom stereocenters. The van der Waals surface area contributed by atoms with Crippen molar-refractivity contribution in [2.45, 2.75) is 12.5 Å². The van der Waals surface area contributed by atoms with Gasteiger partial charge in [0, 0.05) is 5.69 Å². The van der Waals surface area contributed by atoms with E-state index in [9.17, 15) is 14.4 Å². The highest BCUT2D eigenvalue weighted by Gasteiger charge is 2.28. The Kier molecular flexibility index (Phi) is 4.15. The maximum absolute atomic E-state index is 12.1. The average molecular weight is 325 g/mol. The summed E-state index contributed by atoms with van der Waals surface area (Å²) in [5.74, 6) is -1.71. The molecule has 7 nitrogen and oxygen atoms in total. The quantitative estimate of drug-likeness (QED) is 0.689. The Bertz CT molecular complexity index is 805. The van der Waals surface area contributed by atoms with Crippen LogP contribution in [-0.4, -0.2) is 28.9 Å². The summed E-state index contributed by atoms with van der Waals surface area (Å²) in [6.07, 6.45) is -0.0720. The first-order chi connectivity index (χ1) is 11.5. The first-order valence-electron chi connectivity index (χ1n) is 7.32. The summed E-state index contributed by atoms with van der Waals surface area (Å²) < 4.78 is 0. The molecule has 4 N–H and O–H groups in total. The number of aromatic carboxylic acids is 1. The molecule has 0 spiro atoms. The van der Waals surface area contributed by atoms with Gasteiger partial charge in [-0.05, 0) is 30.3 Å². The number of rotatable bonds is 4. The molecule has 2 amide bonds. The molecule has 1 aliphatic rings. The van der Waals surface area contributed by atoms with E-state index < -0.39 is 12.0 Å². The van der Waals surface area contributed by atoms with Crippen LogP contribution in [0.2, 0.25) is 0 Å². The lowest BCUT2D eigenvalue weighted by atomic mass is 10.1. The van der Waals surface area contributed by atoms with E-state index in [0.29, 0.717) is 17.1 Å². The molecule has 0 fully saturated rings. The summed E-state index contributed by atoms with van der Waals surface area (Å²) in [5.41, 5.74) is 1.72. The molecule has 7 heteroatoms. The molecule has 0 radical (unpaired) electrons. The zero-order valence-corrected chi connectivity index (χ0v) is 12.6. The maximum Gasteiger partial charge on any atom is 0.335 e. The largest absolute Gasteiger partial charge is 0.478 e. The summed E-state index contributed by atoms with van der Waals surface area (Å²) in [5, 5.41) is 17.3. The van der Waals surface area contributed by atoms with Crippen molar-refractivity contribution in [2.24, 2.45) is 0 Å². The van der Waals surface area contributed by atoms with Gasteiger partial charge < -0.3 is 21.1 Å². The molecule has 0 aliphatic carbocycles.